The first-order valence-corrected chi connectivity index (χ1v) is 7.86. The normalized spacial score (nSPS) is 10.8. The monoisotopic (exact) mass is 326 g/mol. The molecule has 0 radical (unpaired) electrons. The van der Waals surface area contributed by atoms with E-state index in [1.165, 1.54) is 12.8 Å². The van der Waals surface area contributed by atoms with Crippen LogP contribution in [-0.4, -0.2) is 0 Å². The molecule has 0 unspecified atom stereocenters. The zero-order chi connectivity index (χ0) is 13.0. The highest BCUT2D eigenvalue weighted by Gasteiger charge is 2.06. The van der Waals surface area contributed by atoms with Crippen molar-refractivity contribution in [2.45, 2.75) is 32.6 Å². The molecule has 3 heteroatoms. The molecule has 0 saturated carbocycles. The van der Waals surface area contributed by atoms with Crippen LogP contribution in [0.5, 0.6) is 0 Å². The standard InChI is InChI=1S/C15H16BrFS/c1-2-3-4-5-11-6-7-12(10-13(11)17)14-8-9-15(16)18-14/h6-10H,2-5H2,1H3. The first-order chi connectivity index (χ1) is 8.70. The fourth-order valence-electron chi connectivity index (χ4n) is 1.94. The van der Waals surface area contributed by atoms with E-state index in [2.05, 4.69) is 22.9 Å². The molecule has 0 bridgehead atoms. The molecule has 1 aromatic heterocycles. The van der Waals surface area contributed by atoms with E-state index >= 15 is 0 Å². The molecular weight excluding hydrogens is 311 g/mol. The Morgan fingerprint density at radius 3 is 2.61 bits per heavy atom. The largest absolute Gasteiger partial charge is 0.207 e. The number of unbranched alkanes of at least 4 members (excludes halogenated alkanes) is 2. The number of benzene rings is 1. The Morgan fingerprint density at radius 1 is 1.17 bits per heavy atom. The van der Waals surface area contributed by atoms with Gasteiger partial charge in [-0.1, -0.05) is 31.9 Å². The predicted molar refractivity (Wildman–Crippen MR) is 80.6 cm³/mol. The van der Waals surface area contributed by atoms with Gasteiger partial charge in [-0.15, -0.1) is 11.3 Å². The van der Waals surface area contributed by atoms with Gasteiger partial charge in [0.25, 0.3) is 0 Å². The Balaban J connectivity index is 2.14. The van der Waals surface area contributed by atoms with E-state index < -0.39 is 0 Å². The van der Waals surface area contributed by atoms with Gasteiger partial charge < -0.3 is 0 Å². The van der Waals surface area contributed by atoms with Gasteiger partial charge >= 0.3 is 0 Å². The molecular formula is C15H16BrFS. The number of thiophene rings is 1. The fourth-order valence-corrected chi connectivity index (χ4v) is 3.32. The summed E-state index contributed by atoms with van der Waals surface area (Å²) >= 11 is 5.06. The third kappa shape index (κ3) is 3.42. The van der Waals surface area contributed by atoms with Gasteiger partial charge in [0.05, 0.1) is 3.79 Å². The minimum Gasteiger partial charge on any atom is -0.207 e. The average Bonchev–Trinajstić information content (AvgIpc) is 2.78. The minimum absolute atomic E-state index is 0.0758. The van der Waals surface area contributed by atoms with Crippen molar-refractivity contribution in [2.24, 2.45) is 0 Å². The molecule has 0 aliphatic heterocycles. The Bertz CT molecular complexity index is 519. The van der Waals surface area contributed by atoms with Gasteiger partial charge in [-0.25, -0.2) is 4.39 Å². The molecule has 0 fully saturated rings. The molecule has 0 amide bonds. The van der Waals surface area contributed by atoms with Crippen LogP contribution in [-0.2, 0) is 6.42 Å². The van der Waals surface area contributed by atoms with Crippen molar-refractivity contribution in [2.75, 3.05) is 0 Å². The molecule has 0 nitrogen and oxygen atoms in total. The average molecular weight is 327 g/mol. The number of aryl methyl sites for hydroxylation is 1. The minimum atomic E-state index is -0.0758. The lowest BCUT2D eigenvalue weighted by atomic mass is 10.0. The van der Waals surface area contributed by atoms with E-state index in [9.17, 15) is 4.39 Å². The van der Waals surface area contributed by atoms with Crippen molar-refractivity contribution >= 4 is 27.3 Å². The van der Waals surface area contributed by atoms with E-state index in [-0.39, 0.29) is 5.82 Å². The molecule has 1 aromatic carbocycles. The Morgan fingerprint density at radius 2 is 2.00 bits per heavy atom. The molecule has 1 heterocycles. The molecule has 0 saturated heterocycles. The molecule has 96 valence electrons. The van der Waals surface area contributed by atoms with Gasteiger partial charge in [-0.3, -0.25) is 0 Å². The second kappa shape index (κ2) is 6.48. The number of hydrogen-bond donors (Lipinski definition) is 0. The van der Waals surface area contributed by atoms with Crippen LogP contribution in [0.3, 0.4) is 0 Å². The van der Waals surface area contributed by atoms with Crippen LogP contribution in [0.4, 0.5) is 4.39 Å². The zero-order valence-electron chi connectivity index (χ0n) is 10.4. The van der Waals surface area contributed by atoms with Crippen LogP contribution in [0.1, 0.15) is 31.7 Å². The van der Waals surface area contributed by atoms with E-state index in [1.54, 1.807) is 17.4 Å². The lowest BCUT2D eigenvalue weighted by Gasteiger charge is -2.05. The van der Waals surface area contributed by atoms with Crippen LogP contribution in [0.25, 0.3) is 10.4 Å². The summed E-state index contributed by atoms with van der Waals surface area (Å²) in [5, 5.41) is 0. The summed E-state index contributed by atoms with van der Waals surface area (Å²) in [4.78, 5) is 1.10. The molecule has 0 aliphatic rings. The third-order valence-corrected chi connectivity index (χ3v) is 4.63. The first kappa shape index (κ1) is 13.8. The fraction of sp³-hybridized carbons (Fsp3) is 0.333. The second-order valence-corrected chi connectivity index (χ2v) is 6.83. The van der Waals surface area contributed by atoms with Gasteiger partial charge in [-0.2, -0.15) is 0 Å². The Labute approximate surface area is 120 Å². The second-order valence-electron chi connectivity index (χ2n) is 4.37. The van der Waals surface area contributed by atoms with E-state index in [1.807, 2.05) is 24.3 Å². The smallest absolute Gasteiger partial charge is 0.127 e. The predicted octanol–water partition coefficient (Wildman–Crippen LogP) is 6.05. The topological polar surface area (TPSA) is 0 Å². The summed E-state index contributed by atoms with van der Waals surface area (Å²) in [6.07, 6.45) is 4.24. The number of halogens is 2. The van der Waals surface area contributed by atoms with Crippen LogP contribution in [0.2, 0.25) is 0 Å². The quantitative estimate of drug-likeness (QED) is 0.587. The number of rotatable bonds is 5. The Hall–Kier alpha value is -0.670. The SMILES string of the molecule is CCCCCc1ccc(-c2ccc(Br)s2)cc1F. The highest BCUT2D eigenvalue weighted by molar-refractivity contribution is 9.11. The lowest BCUT2D eigenvalue weighted by molar-refractivity contribution is 0.599. The Kier molecular flexibility index (Phi) is 4.95. The van der Waals surface area contributed by atoms with Gasteiger partial charge in [0, 0.05) is 4.88 Å². The van der Waals surface area contributed by atoms with Gasteiger partial charge in [0.15, 0.2) is 0 Å². The lowest BCUT2D eigenvalue weighted by Crippen LogP contribution is -1.91. The van der Waals surface area contributed by atoms with Crippen LogP contribution in [0.15, 0.2) is 34.1 Å². The maximum atomic E-state index is 14.0. The summed E-state index contributed by atoms with van der Waals surface area (Å²) in [7, 11) is 0. The molecule has 2 rings (SSSR count). The van der Waals surface area contributed by atoms with Crippen LogP contribution < -0.4 is 0 Å². The first-order valence-electron chi connectivity index (χ1n) is 6.25. The molecule has 0 spiro atoms. The zero-order valence-corrected chi connectivity index (χ0v) is 12.8. The van der Waals surface area contributed by atoms with Crippen molar-refractivity contribution in [1.29, 1.82) is 0 Å². The van der Waals surface area contributed by atoms with Crippen molar-refractivity contribution in [3.05, 3.63) is 45.5 Å². The molecule has 0 aliphatic carbocycles. The molecule has 18 heavy (non-hydrogen) atoms. The summed E-state index contributed by atoms with van der Waals surface area (Å²) < 4.78 is 15.0. The van der Waals surface area contributed by atoms with Crippen molar-refractivity contribution < 1.29 is 4.39 Å². The van der Waals surface area contributed by atoms with Crippen molar-refractivity contribution in [1.82, 2.24) is 0 Å². The molecule has 2 aromatic rings. The summed E-state index contributed by atoms with van der Waals surface area (Å²) in [5.41, 5.74) is 1.80. The number of hydrogen-bond acceptors (Lipinski definition) is 1. The van der Waals surface area contributed by atoms with E-state index in [0.29, 0.717) is 0 Å². The van der Waals surface area contributed by atoms with Gasteiger partial charge in [0.1, 0.15) is 5.82 Å². The summed E-state index contributed by atoms with van der Waals surface area (Å²) in [6.45, 7) is 2.16. The maximum Gasteiger partial charge on any atom is 0.127 e. The van der Waals surface area contributed by atoms with Crippen LogP contribution in [0, 0.1) is 5.82 Å². The van der Waals surface area contributed by atoms with Crippen molar-refractivity contribution in [3.63, 3.8) is 0 Å². The van der Waals surface area contributed by atoms with Gasteiger partial charge in [0.2, 0.25) is 0 Å². The van der Waals surface area contributed by atoms with Gasteiger partial charge in [-0.05, 0) is 58.1 Å². The molecule has 0 N–H and O–H groups in total. The summed E-state index contributed by atoms with van der Waals surface area (Å²) in [5.74, 6) is -0.0758. The third-order valence-electron chi connectivity index (χ3n) is 2.96. The molecule has 0 atom stereocenters. The van der Waals surface area contributed by atoms with E-state index in [4.69, 9.17) is 0 Å². The highest BCUT2D eigenvalue weighted by Crippen LogP contribution is 2.32. The van der Waals surface area contributed by atoms with Crippen LogP contribution >= 0.6 is 27.3 Å². The van der Waals surface area contributed by atoms with E-state index in [0.717, 1.165) is 32.6 Å². The maximum absolute atomic E-state index is 14.0. The summed E-state index contributed by atoms with van der Waals surface area (Å²) in [6, 6.07) is 9.60. The highest BCUT2D eigenvalue weighted by atomic mass is 79.9. The van der Waals surface area contributed by atoms with Crippen molar-refractivity contribution in [3.8, 4) is 10.4 Å².